The highest BCUT2D eigenvalue weighted by Gasteiger charge is 2.39. The van der Waals surface area contributed by atoms with Gasteiger partial charge in [0.05, 0.1) is 13.1 Å². The van der Waals surface area contributed by atoms with Crippen molar-refractivity contribution in [1.82, 2.24) is 9.80 Å². The van der Waals surface area contributed by atoms with Crippen LogP contribution in [0.4, 0.5) is 0 Å². The maximum absolute atomic E-state index is 12.3. The second kappa shape index (κ2) is 6.81. The number of nitrogens with zero attached hydrogens (tertiary/aromatic N) is 2. The van der Waals surface area contributed by atoms with Crippen LogP contribution in [0.15, 0.2) is 24.3 Å². The van der Waals surface area contributed by atoms with Crippen molar-refractivity contribution in [1.29, 1.82) is 0 Å². The lowest BCUT2D eigenvalue weighted by atomic mass is 10.1. The van der Waals surface area contributed by atoms with Gasteiger partial charge in [-0.2, -0.15) is 0 Å². The van der Waals surface area contributed by atoms with Gasteiger partial charge in [0, 0.05) is 19.5 Å². The second-order valence-corrected chi connectivity index (χ2v) is 6.81. The van der Waals surface area contributed by atoms with Crippen molar-refractivity contribution >= 4 is 11.8 Å². The summed E-state index contributed by atoms with van der Waals surface area (Å²) < 4.78 is 5.70. The van der Waals surface area contributed by atoms with Gasteiger partial charge in [-0.1, -0.05) is 12.1 Å². The van der Waals surface area contributed by atoms with Gasteiger partial charge in [0.1, 0.15) is 18.0 Å². The van der Waals surface area contributed by atoms with Crippen molar-refractivity contribution in [2.24, 2.45) is 0 Å². The summed E-state index contributed by atoms with van der Waals surface area (Å²) >= 11 is 0. The van der Waals surface area contributed by atoms with E-state index in [1.807, 2.05) is 31.2 Å². The zero-order chi connectivity index (χ0) is 17.2. The van der Waals surface area contributed by atoms with Gasteiger partial charge in [0.15, 0.2) is 0 Å². The Hall–Kier alpha value is -2.08. The highest BCUT2D eigenvalue weighted by molar-refractivity contribution is 5.86. The number of hydrogen-bond donors (Lipinski definition) is 1. The first kappa shape index (κ1) is 16.8. The van der Waals surface area contributed by atoms with Crippen LogP contribution < -0.4 is 4.74 Å². The molecule has 2 saturated heterocycles. The number of β-amino-alcohol motifs (C(OH)–C–C–N with tert-alkyl or cyclic N) is 1. The smallest absolute Gasteiger partial charge is 0.242 e. The molecule has 24 heavy (non-hydrogen) atoms. The molecule has 2 aliphatic heterocycles. The highest BCUT2D eigenvalue weighted by atomic mass is 16.5. The molecule has 2 aliphatic rings. The molecule has 1 aromatic carbocycles. The SMILES string of the molecule is Cc1cccc(OC[C@@]2(O)CCN(C(=O)CN3CCCC3=O)C2)c1. The molecule has 0 radical (unpaired) electrons. The van der Waals surface area contributed by atoms with Gasteiger partial charge >= 0.3 is 0 Å². The number of carbonyl (C=O) groups excluding carboxylic acids is 2. The molecule has 1 N–H and O–H groups in total. The standard InChI is InChI=1S/C18H24N2O4/c1-14-4-2-5-15(10-14)24-13-18(23)7-9-20(12-18)17(22)11-19-8-3-6-16(19)21/h2,4-5,10,23H,3,6-9,11-13H2,1H3/t18-/m1/s1. The van der Waals surface area contributed by atoms with Crippen LogP contribution in [-0.4, -0.2) is 65.1 Å². The number of rotatable bonds is 5. The van der Waals surface area contributed by atoms with E-state index in [1.54, 1.807) is 9.80 Å². The van der Waals surface area contributed by atoms with Crippen LogP contribution in [0.3, 0.4) is 0 Å². The molecule has 1 aromatic rings. The quantitative estimate of drug-likeness (QED) is 0.872. The van der Waals surface area contributed by atoms with Crippen LogP contribution in [0.1, 0.15) is 24.8 Å². The molecule has 0 unspecified atom stereocenters. The Labute approximate surface area is 142 Å². The van der Waals surface area contributed by atoms with Gasteiger partial charge in [0.2, 0.25) is 11.8 Å². The van der Waals surface area contributed by atoms with E-state index in [-0.39, 0.29) is 31.5 Å². The Balaban J connectivity index is 1.51. The molecule has 0 spiro atoms. The number of carbonyl (C=O) groups is 2. The molecule has 3 rings (SSSR count). The first-order chi connectivity index (χ1) is 11.5. The first-order valence-electron chi connectivity index (χ1n) is 8.43. The Morgan fingerprint density at radius 2 is 2.21 bits per heavy atom. The van der Waals surface area contributed by atoms with Gasteiger partial charge in [-0.25, -0.2) is 0 Å². The third-order valence-corrected chi connectivity index (χ3v) is 4.68. The maximum atomic E-state index is 12.3. The van der Waals surface area contributed by atoms with E-state index in [2.05, 4.69) is 0 Å². The number of aryl methyl sites for hydroxylation is 1. The summed E-state index contributed by atoms with van der Waals surface area (Å²) in [5.41, 5.74) is 0.0621. The van der Waals surface area contributed by atoms with Crippen molar-refractivity contribution < 1.29 is 19.4 Å². The molecule has 0 saturated carbocycles. The van der Waals surface area contributed by atoms with Gasteiger partial charge < -0.3 is 19.6 Å². The number of benzene rings is 1. The maximum Gasteiger partial charge on any atom is 0.242 e. The largest absolute Gasteiger partial charge is 0.491 e. The third kappa shape index (κ3) is 3.87. The van der Waals surface area contributed by atoms with E-state index in [0.29, 0.717) is 25.9 Å². The summed E-state index contributed by atoms with van der Waals surface area (Å²) in [4.78, 5) is 27.2. The number of likely N-dealkylation sites (tertiary alicyclic amines) is 2. The summed E-state index contributed by atoms with van der Waals surface area (Å²) in [6, 6.07) is 7.66. The molecule has 1 atom stereocenters. The van der Waals surface area contributed by atoms with E-state index in [0.717, 1.165) is 17.7 Å². The lowest BCUT2D eigenvalue weighted by Crippen LogP contribution is -2.44. The molecule has 130 valence electrons. The fraction of sp³-hybridized carbons (Fsp3) is 0.556. The monoisotopic (exact) mass is 332 g/mol. The molecule has 2 amide bonds. The third-order valence-electron chi connectivity index (χ3n) is 4.68. The number of hydrogen-bond acceptors (Lipinski definition) is 4. The second-order valence-electron chi connectivity index (χ2n) is 6.81. The molecule has 2 fully saturated rings. The predicted molar refractivity (Wildman–Crippen MR) is 88.6 cm³/mol. The molecule has 0 aliphatic carbocycles. The van der Waals surface area contributed by atoms with Crippen molar-refractivity contribution in [3.8, 4) is 5.75 Å². The predicted octanol–water partition coefficient (Wildman–Crippen LogP) is 0.960. The van der Waals surface area contributed by atoms with Crippen molar-refractivity contribution in [2.45, 2.75) is 31.8 Å². The van der Waals surface area contributed by atoms with Crippen LogP contribution >= 0.6 is 0 Å². The van der Waals surface area contributed by atoms with Gasteiger partial charge in [0.25, 0.3) is 0 Å². The zero-order valence-corrected chi connectivity index (χ0v) is 14.0. The number of amides is 2. The fourth-order valence-electron chi connectivity index (χ4n) is 3.24. The average molecular weight is 332 g/mol. The molecule has 0 bridgehead atoms. The van der Waals surface area contributed by atoms with Gasteiger partial charge in [-0.15, -0.1) is 0 Å². The van der Waals surface area contributed by atoms with Gasteiger partial charge in [-0.3, -0.25) is 9.59 Å². The van der Waals surface area contributed by atoms with Crippen LogP contribution in [-0.2, 0) is 9.59 Å². The van der Waals surface area contributed by atoms with E-state index in [1.165, 1.54) is 0 Å². The van der Waals surface area contributed by atoms with Crippen LogP contribution in [0.2, 0.25) is 0 Å². The van der Waals surface area contributed by atoms with E-state index in [4.69, 9.17) is 4.74 Å². The Morgan fingerprint density at radius 3 is 2.92 bits per heavy atom. The number of aliphatic hydroxyl groups is 1. The molecule has 6 nitrogen and oxygen atoms in total. The molecule has 6 heteroatoms. The summed E-state index contributed by atoms with van der Waals surface area (Å²) in [6.45, 7) is 3.65. The lowest BCUT2D eigenvalue weighted by molar-refractivity contribution is -0.138. The Bertz CT molecular complexity index is 633. The molecule has 0 aromatic heterocycles. The van der Waals surface area contributed by atoms with E-state index < -0.39 is 5.60 Å². The van der Waals surface area contributed by atoms with Gasteiger partial charge in [-0.05, 0) is 37.5 Å². The Morgan fingerprint density at radius 1 is 1.38 bits per heavy atom. The molecule has 2 heterocycles. The minimum atomic E-state index is -1.03. The van der Waals surface area contributed by atoms with Crippen LogP contribution in [0.25, 0.3) is 0 Å². The molecular weight excluding hydrogens is 308 g/mol. The number of ether oxygens (including phenoxy) is 1. The van der Waals surface area contributed by atoms with E-state index >= 15 is 0 Å². The minimum Gasteiger partial charge on any atom is -0.491 e. The first-order valence-corrected chi connectivity index (χ1v) is 8.43. The highest BCUT2D eigenvalue weighted by Crippen LogP contribution is 2.24. The summed E-state index contributed by atoms with van der Waals surface area (Å²) in [6.07, 6.45) is 1.83. The van der Waals surface area contributed by atoms with E-state index in [9.17, 15) is 14.7 Å². The van der Waals surface area contributed by atoms with Crippen LogP contribution in [0.5, 0.6) is 5.75 Å². The van der Waals surface area contributed by atoms with Crippen molar-refractivity contribution in [2.75, 3.05) is 32.8 Å². The fourth-order valence-corrected chi connectivity index (χ4v) is 3.24. The summed E-state index contributed by atoms with van der Waals surface area (Å²) in [5.74, 6) is 0.660. The zero-order valence-electron chi connectivity index (χ0n) is 14.0. The van der Waals surface area contributed by atoms with Crippen molar-refractivity contribution in [3.63, 3.8) is 0 Å². The summed E-state index contributed by atoms with van der Waals surface area (Å²) in [5, 5.41) is 10.7. The Kier molecular flexibility index (Phi) is 4.76. The molecular formula is C18H24N2O4. The normalized spacial score (nSPS) is 23.8. The van der Waals surface area contributed by atoms with Crippen LogP contribution in [0, 0.1) is 6.92 Å². The average Bonchev–Trinajstić information content (AvgIpc) is 3.13. The minimum absolute atomic E-state index is 0.0422. The summed E-state index contributed by atoms with van der Waals surface area (Å²) in [7, 11) is 0. The lowest BCUT2D eigenvalue weighted by Gasteiger charge is -2.25. The van der Waals surface area contributed by atoms with Crippen molar-refractivity contribution in [3.05, 3.63) is 29.8 Å². The topological polar surface area (TPSA) is 70.1 Å².